The lowest BCUT2D eigenvalue weighted by atomic mass is 10.1. The average molecular weight is 376 g/mol. The number of nitrogens with one attached hydrogen (secondary N) is 2. The maximum atomic E-state index is 12.3. The second-order valence-electron chi connectivity index (χ2n) is 6.41. The average Bonchev–Trinajstić information content (AvgIpc) is 2.72. The van der Waals surface area contributed by atoms with Crippen LogP contribution in [0.4, 0.5) is 5.69 Å². The van der Waals surface area contributed by atoms with E-state index in [1.807, 2.05) is 67.6 Å². The molecular formula is C23H24N2O3. The Morgan fingerprint density at radius 3 is 2.50 bits per heavy atom. The van der Waals surface area contributed by atoms with Crippen LogP contribution >= 0.6 is 0 Å². The van der Waals surface area contributed by atoms with E-state index in [0.29, 0.717) is 18.8 Å². The summed E-state index contributed by atoms with van der Waals surface area (Å²) in [6, 6.07) is 21.0. The number of fused-ring (bicyclic) bond motifs is 1. The van der Waals surface area contributed by atoms with Crippen LogP contribution in [0.5, 0.6) is 0 Å². The van der Waals surface area contributed by atoms with Crippen molar-refractivity contribution < 1.29 is 14.3 Å². The lowest BCUT2D eigenvalue weighted by Crippen LogP contribution is -2.27. The van der Waals surface area contributed by atoms with Crippen molar-refractivity contribution in [3.05, 3.63) is 77.9 Å². The number of rotatable bonds is 8. The minimum absolute atomic E-state index is 0.150. The lowest BCUT2D eigenvalue weighted by molar-refractivity contribution is -0.116. The Labute approximate surface area is 164 Å². The monoisotopic (exact) mass is 376 g/mol. The number of ether oxygens (including phenoxy) is 1. The molecule has 0 aliphatic carbocycles. The van der Waals surface area contributed by atoms with Crippen LogP contribution in [0.25, 0.3) is 10.8 Å². The van der Waals surface area contributed by atoms with Crippen molar-refractivity contribution in [3.63, 3.8) is 0 Å². The molecule has 0 spiro atoms. The molecule has 0 saturated carbocycles. The van der Waals surface area contributed by atoms with E-state index in [-0.39, 0.29) is 24.8 Å². The third-order valence-corrected chi connectivity index (χ3v) is 4.40. The molecule has 3 aromatic rings. The third kappa shape index (κ3) is 5.18. The van der Waals surface area contributed by atoms with Gasteiger partial charge in [-0.3, -0.25) is 9.59 Å². The fourth-order valence-electron chi connectivity index (χ4n) is 2.92. The van der Waals surface area contributed by atoms with Crippen molar-refractivity contribution in [1.82, 2.24) is 5.32 Å². The van der Waals surface area contributed by atoms with E-state index in [1.54, 1.807) is 6.07 Å². The van der Waals surface area contributed by atoms with Crippen LogP contribution in [0.1, 0.15) is 29.3 Å². The Hall–Kier alpha value is -3.18. The number of para-hydroxylation sites is 1. The smallest absolute Gasteiger partial charge is 0.251 e. The van der Waals surface area contributed by atoms with E-state index in [0.717, 1.165) is 22.0 Å². The highest BCUT2D eigenvalue weighted by molar-refractivity contribution is 5.99. The first-order valence-electron chi connectivity index (χ1n) is 9.40. The number of anilines is 1. The van der Waals surface area contributed by atoms with Gasteiger partial charge in [0.2, 0.25) is 5.91 Å². The van der Waals surface area contributed by atoms with Crippen LogP contribution in [0.15, 0.2) is 66.7 Å². The molecule has 0 aromatic heterocycles. The van der Waals surface area contributed by atoms with Gasteiger partial charge in [0.1, 0.15) is 0 Å². The first kappa shape index (κ1) is 19.6. The molecule has 3 aromatic carbocycles. The molecule has 0 bridgehead atoms. The second-order valence-corrected chi connectivity index (χ2v) is 6.41. The Morgan fingerprint density at radius 1 is 0.929 bits per heavy atom. The molecule has 5 heteroatoms. The molecule has 3 rings (SSSR count). The van der Waals surface area contributed by atoms with Crippen molar-refractivity contribution in [3.8, 4) is 0 Å². The standard InChI is InChI=1S/C23H24N2O3/c1-2-28-16-20-9-5-6-10-21(20)25-22(26)13-14-24-23(27)19-12-11-17-7-3-4-8-18(17)15-19/h3-12,15H,2,13-14,16H2,1H3,(H,24,27)(H,25,26). The van der Waals surface area contributed by atoms with Crippen LogP contribution in [-0.4, -0.2) is 25.0 Å². The zero-order valence-corrected chi connectivity index (χ0v) is 15.9. The quantitative estimate of drug-likeness (QED) is 0.621. The highest BCUT2D eigenvalue weighted by atomic mass is 16.5. The van der Waals surface area contributed by atoms with Gasteiger partial charge >= 0.3 is 0 Å². The van der Waals surface area contributed by atoms with Crippen LogP contribution in [0.2, 0.25) is 0 Å². The highest BCUT2D eigenvalue weighted by Gasteiger charge is 2.09. The summed E-state index contributed by atoms with van der Waals surface area (Å²) in [7, 11) is 0. The van der Waals surface area contributed by atoms with Gasteiger partial charge < -0.3 is 15.4 Å². The van der Waals surface area contributed by atoms with Crippen molar-refractivity contribution in [2.24, 2.45) is 0 Å². The molecule has 0 fully saturated rings. The molecule has 0 unspecified atom stereocenters. The molecule has 0 aliphatic heterocycles. The van der Waals surface area contributed by atoms with Gasteiger partial charge in [-0.05, 0) is 35.9 Å². The van der Waals surface area contributed by atoms with Gasteiger partial charge in [0, 0.05) is 36.4 Å². The summed E-state index contributed by atoms with van der Waals surface area (Å²) < 4.78 is 5.43. The van der Waals surface area contributed by atoms with Gasteiger partial charge in [-0.2, -0.15) is 0 Å². The van der Waals surface area contributed by atoms with Gasteiger partial charge in [0.15, 0.2) is 0 Å². The van der Waals surface area contributed by atoms with Crippen LogP contribution in [0.3, 0.4) is 0 Å². The fraction of sp³-hybridized carbons (Fsp3) is 0.217. The van der Waals surface area contributed by atoms with E-state index >= 15 is 0 Å². The highest BCUT2D eigenvalue weighted by Crippen LogP contribution is 2.17. The number of hydrogen-bond donors (Lipinski definition) is 2. The Bertz CT molecular complexity index is 969. The minimum atomic E-state index is -0.185. The summed E-state index contributed by atoms with van der Waals surface area (Å²) in [6.45, 7) is 3.26. The molecule has 144 valence electrons. The minimum Gasteiger partial charge on any atom is -0.377 e. The molecule has 0 heterocycles. The third-order valence-electron chi connectivity index (χ3n) is 4.40. The van der Waals surface area contributed by atoms with Crippen LogP contribution < -0.4 is 10.6 Å². The summed E-state index contributed by atoms with van der Waals surface area (Å²) in [5.41, 5.74) is 2.25. The number of hydrogen-bond acceptors (Lipinski definition) is 3. The maximum Gasteiger partial charge on any atom is 0.251 e. The predicted octanol–water partition coefficient (Wildman–Crippen LogP) is 4.13. The molecule has 28 heavy (non-hydrogen) atoms. The second kappa shape index (κ2) is 9.67. The normalized spacial score (nSPS) is 10.6. The Kier molecular flexibility index (Phi) is 6.76. The van der Waals surface area contributed by atoms with Crippen molar-refractivity contribution in [1.29, 1.82) is 0 Å². The fourth-order valence-corrected chi connectivity index (χ4v) is 2.92. The first-order valence-corrected chi connectivity index (χ1v) is 9.40. The SMILES string of the molecule is CCOCc1ccccc1NC(=O)CCNC(=O)c1ccc2ccccc2c1. The summed E-state index contributed by atoms with van der Waals surface area (Å²) in [6.07, 6.45) is 0.197. The molecule has 0 radical (unpaired) electrons. The van der Waals surface area contributed by atoms with Gasteiger partial charge in [-0.15, -0.1) is 0 Å². The Balaban J connectivity index is 1.51. The zero-order valence-electron chi connectivity index (χ0n) is 15.9. The van der Waals surface area contributed by atoms with Crippen molar-refractivity contribution in [2.45, 2.75) is 20.0 Å². The maximum absolute atomic E-state index is 12.3. The van der Waals surface area contributed by atoms with E-state index in [9.17, 15) is 9.59 Å². The molecule has 0 saturated heterocycles. The number of carbonyl (C=O) groups excluding carboxylic acids is 2. The number of benzene rings is 3. The summed E-state index contributed by atoms with van der Waals surface area (Å²) in [5.74, 6) is -0.335. The zero-order chi connectivity index (χ0) is 19.8. The van der Waals surface area contributed by atoms with E-state index < -0.39 is 0 Å². The van der Waals surface area contributed by atoms with Gasteiger partial charge in [0.05, 0.1) is 6.61 Å². The molecule has 2 amide bonds. The molecule has 5 nitrogen and oxygen atoms in total. The van der Waals surface area contributed by atoms with Crippen molar-refractivity contribution in [2.75, 3.05) is 18.5 Å². The van der Waals surface area contributed by atoms with E-state index in [2.05, 4.69) is 10.6 Å². The van der Waals surface area contributed by atoms with Crippen LogP contribution in [-0.2, 0) is 16.1 Å². The van der Waals surface area contributed by atoms with E-state index in [4.69, 9.17) is 4.74 Å². The number of amides is 2. The van der Waals surface area contributed by atoms with Crippen molar-refractivity contribution >= 4 is 28.3 Å². The van der Waals surface area contributed by atoms with Gasteiger partial charge in [-0.1, -0.05) is 48.5 Å². The van der Waals surface area contributed by atoms with Gasteiger partial charge in [0.25, 0.3) is 5.91 Å². The molecule has 0 atom stereocenters. The number of carbonyl (C=O) groups is 2. The van der Waals surface area contributed by atoms with E-state index in [1.165, 1.54) is 0 Å². The summed E-state index contributed by atoms with van der Waals surface area (Å²) >= 11 is 0. The summed E-state index contributed by atoms with van der Waals surface area (Å²) in [4.78, 5) is 24.6. The predicted molar refractivity (Wildman–Crippen MR) is 111 cm³/mol. The first-order chi connectivity index (χ1) is 13.7. The Morgan fingerprint density at radius 2 is 1.68 bits per heavy atom. The van der Waals surface area contributed by atoms with Crippen LogP contribution in [0, 0.1) is 0 Å². The summed E-state index contributed by atoms with van der Waals surface area (Å²) in [5, 5.41) is 7.79. The molecule has 2 N–H and O–H groups in total. The molecular weight excluding hydrogens is 352 g/mol. The topological polar surface area (TPSA) is 67.4 Å². The van der Waals surface area contributed by atoms with Gasteiger partial charge in [-0.25, -0.2) is 0 Å². The molecule has 0 aliphatic rings. The largest absolute Gasteiger partial charge is 0.377 e. The lowest BCUT2D eigenvalue weighted by Gasteiger charge is -2.11.